The maximum absolute atomic E-state index is 12.5. The molecule has 0 aromatic heterocycles. The van der Waals surface area contributed by atoms with E-state index in [1.54, 1.807) is 0 Å². The normalized spacial score (nSPS) is 15.7. The van der Waals surface area contributed by atoms with Crippen molar-refractivity contribution in [3.05, 3.63) is 59.2 Å². The molecule has 0 saturated heterocycles. The van der Waals surface area contributed by atoms with Gasteiger partial charge in [0, 0.05) is 12.6 Å². The first kappa shape index (κ1) is 24.5. The van der Waals surface area contributed by atoms with Gasteiger partial charge in [-0.1, -0.05) is 75.8 Å². The number of benzene rings is 2. The van der Waals surface area contributed by atoms with E-state index < -0.39 is 0 Å². The van der Waals surface area contributed by atoms with E-state index in [1.165, 1.54) is 69.6 Å². The molecule has 3 rings (SSSR count). The summed E-state index contributed by atoms with van der Waals surface area (Å²) >= 11 is 0. The minimum Gasteiger partial charge on any atom is -0.465 e. The maximum Gasteiger partial charge on any atom is 0.338 e. The zero-order valence-electron chi connectivity index (χ0n) is 20.5. The summed E-state index contributed by atoms with van der Waals surface area (Å²) in [4.78, 5) is 15.2. The van der Waals surface area contributed by atoms with Crippen LogP contribution in [0.15, 0.2) is 42.5 Å². The van der Waals surface area contributed by atoms with Crippen molar-refractivity contribution in [3.63, 3.8) is 0 Å². The highest BCUT2D eigenvalue weighted by Gasteiger charge is 2.20. The third-order valence-electron chi connectivity index (χ3n) is 7.19. The van der Waals surface area contributed by atoms with Crippen LogP contribution in [0, 0.1) is 12.8 Å². The first-order valence-electron chi connectivity index (χ1n) is 12.5. The smallest absolute Gasteiger partial charge is 0.338 e. The zero-order chi connectivity index (χ0) is 22.9. The average molecular weight is 436 g/mol. The van der Waals surface area contributed by atoms with Gasteiger partial charge in [0.15, 0.2) is 0 Å². The van der Waals surface area contributed by atoms with Crippen molar-refractivity contribution in [1.82, 2.24) is 4.90 Å². The van der Waals surface area contributed by atoms with Gasteiger partial charge in [0.05, 0.1) is 12.7 Å². The molecule has 2 aromatic carbocycles. The molecular weight excluding hydrogens is 394 g/mol. The van der Waals surface area contributed by atoms with Gasteiger partial charge in [0.25, 0.3) is 0 Å². The van der Waals surface area contributed by atoms with Crippen LogP contribution in [-0.4, -0.2) is 30.6 Å². The molecule has 2 aromatic rings. The fourth-order valence-electron chi connectivity index (χ4n) is 5.19. The lowest BCUT2D eigenvalue weighted by Crippen LogP contribution is -2.34. The molecule has 0 heterocycles. The molecule has 1 fully saturated rings. The minimum absolute atomic E-state index is 0.275. The van der Waals surface area contributed by atoms with Crippen molar-refractivity contribution in [2.45, 2.75) is 84.7 Å². The Bertz CT molecular complexity index is 869. The molecule has 174 valence electrons. The van der Waals surface area contributed by atoms with Crippen LogP contribution in [0.25, 0.3) is 11.1 Å². The largest absolute Gasteiger partial charge is 0.465 e. The first-order valence-corrected chi connectivity index (χ1v) is 12.5. The number of esters is 1. The molecule has 3 heteroatoms. The van der Waals surface area contributed by atoms with E-state index in [1.807, 2.05) is 18.2 Å². The van der Waals surface area contributed by atoms with Crippen LogP contribution in [0.2, 0.25) is 0 Å². The topological polar surface area (TPSA) is 29.5 Å². The van der Waals surface area contributed by atoms with E-state index in [4.69, 9.17) is 4.74 Å². The Morgan fingerprint density at radius 1 is 1.09 bits per heavy atom. The molecule has 1 aliphatic rings. The zero-order valence-corrected chi connectivity index (χ0v) is 20.5. The molecule has 1 aliphatic carbocycles. The summed E-state index contributed by atoms with van der Waals surface area (Å²) in [5, 5.41) is 0. The van der Waals surface area contributed by atoms with Crippen LogP contribution in [0.1, 0.15) is 86.7 Å². The van der Waals surface area contributed by atoms with E-state index in [9.17, 15) is 4.79 Å². The number of methoxy groups -OCH3 is 1. The number of aryl methyl sites for hydroxylation is 1. The van der Waals surface area contributed by atoms with Crippen molar-refractivity contribution in [1.29, 1.82) is 0 Å². The van der Waals surface area contributed by atoms with Crippen molar-refractivity contribution < 1.29 is 9.53 Å². The van der Waals surface area contributed by atoms with Gasteiger partial charge in [-0.3, -0.25) is 4.90 Å². The highest BCUT2D eigenvalue weighted by molar-refractivity contribution is 5.97. The molecule has 1 atom stereocenters. The number of carbonyl (C=O) groups is 1. The predicted octanol–water partition coefficient (Wildman–Crippen LogP) is 7.41. The van der Waals surface area contributed by atoms with Gasteiger partial charge in [0.1, 0.15) is 0 Å². The molecule has 1 unspecified atom stereocenters. The number of hydrogen-bond acceptors (Lipinski definition) is 3. The molecule has 1 saturated carbocycles. The quantitative estimate of drug-likeness (QED) is 0.364. The molecule has 0 amide bonds. The van der Waals surface area contributed by atoms with E-state index in [0.29, 0.717) is 11.6 Å². The fourth-order valence-corrected chi connectivity index (χ4v) is 5.19. The van der Waals surface area contributed by atoms with E-state index in [-0.39, 0.29) is 5.97 Å². The van der Waals surface area contributed by atoms with Crippen LogP contribution in [0.4, 0.5) is 0 Å². The molecular formula is C29H41NO2. The highest BCUT2D eigenvalue weighted by Crippen LogP contribution is 2.30. The number of ether oxygens (including phenoxy) is 1. The third kappa shape index (κ3) is 6.45. The number of rotatable bonds is 10. The van der Waals surface area contributed by atoms with Crippen molar-refractivity contribution in [3.8, 4) is 11.1 Å². The maximum atomic E-state index is 12.5. The van der Waals surface area contributed by atoms with Crippen LogP contribution < -0.4 is 0 Å². The lowest BCUT2D eigenvalue weighted by Gasteiger charge is -2.32. The summed E-state index contributed by atoms with van der Waals surface area (Å²) in [6.45, 7) is 8.83. The van der Waals surface area contributed by atoms with Crippen LogP contribution >= 0.6 is 0 Å². The van der Waals surface area contributed by atoms with Crippen LogP contribution in [0.5, 0.6) is 0 Å². The second kappa shape index (κ2) is 12.2. The highest BCUT2D eigenvalue weighted by atomic mass is 16.5. The van der Waals surface area contributed by atoms with Crippen LogP contribution in [-0.2, 0) is 11.3 Å². The average Bonchev–Trinajstić information content (AvgIpc) is 2.82. The Morgan fingerprint density at radius 2 is 1.84 bits per heavy atom. The van der Waals surface area contributed by atoms with Crippen molar-refractivity contribution in [2.75, 3.05) is 13.7 Å². The first-order chi connectivity index (χ1) is 15.5. The third-order valence-corrected chi connectivity index (χ3v) is 7.19. The van der Waals surface area contributed by atoms with E-state index in [0.717, 1.165) is 30.1 Å². The second-order valence-corrected chi connectivity index (χ2v) is 9.59. The van der Waals surface area contributed by atoms with E-state index in [2.05, 4.69) is 49.9 Å². The molecule has 3 nitrogen and oxygen atoms in total. The lowest BCUT2D eigenvalue weighted by atomic mass is 9.86. The van der Waals surface area contributed by atoms with Gasteiger partial charge in [-0.05, 0) is 73.5 Å². The van der Waals surface area contributed by atoms with E-state index >= 15 is 0 Å². The van der Waals surface area contributed by atoms with Gasteiger partial charge < -0.3 is 4.74 Å². The Balaban J connectivity index is 1.85. The lowest BCUT2D eigenvalue weighted by molar-refractivity contribution is 0.0601. The summed E-state index contributed by atoms with van der Waals surface area (Å²) in [7, 11) is 1.46. The fraction of sp³-hybridized carbons (Fsp3) is 0.552. The Hall–Kier alpha value is -2.13. The summed E-state index contributed by atoms with van der Waals surface area (Å²) in [5.41, 5.74) is 5.15. The molecule has 0 spiro atoms. The second-order valence-electron chi connectivity index (χ2n) is 9.59. The van der Waals surface area contributed by atoms with Gasteiger partial charge >= 0.3 is 5.97 Å². The number of carbonyl (C=O) groups excluding carboxylic acids is 1. The molecule has 0 aliphatic heterocycles. The molecule has 0 bridgehead atoms. The summed E-state index contributed by atoms with van der Waals surface area (Å²) in [5.74, 6) is 0.618. The van der Waals surface area contributed by atoms with Crippen molar-refractivity contribution in [2.24, 2.45) is 5.92 Å². The Morgan fingerprint density at radius 3 is 2.53 bits per heavy atom. The standard InChI is InChI=1S/C29H41NO2/c1-5-11-23(3)30(19-18-24-13-7-6-8-14-24)21-25-16-17-27(29(31)32-4)28(20-25)26-15-10-9-12-22(26)2/h9-10,12,15-17,20,23-24H,5-8,11,13-14,18-19,21H2,1-4H3. The Labute approximate surface area is 195 Å². The molecule has 32 heavy (non-hydrogen) atoms. The SMILES string of the molecule is CCCC(C)N(CCC1CCCCC1)Cc1ccc(C(=O)OC)c(-c2ccccc2C)c1. The van der Waals surface area contributed by atoms with Gasteiger partial charge in [-0.25, -0.2) is 4.79 Å². The van der Waals surface area contributed by atoms with Gasteiger partial charge in [-0.15, -0.1) is 0 Å². The molecule has 0 N–H and O–H groups in total. The monoisotopic (exact) mass is 435 g/mol. The van der Waals surface area contributed by atoms with Gasteiger partial charge in [0.2, 0.25) is 0 Å². The number of hydrogen-bond donors (Lipinski definition) is 0. The summed E-state index contributed by atoms with van der Waals surface area (Å²) < 4.78 is 5.09. The minimum atomic E-state index is -0.275. The van der Waals surface area contributed by atoms with Crippen LogP contribution in [0.3, 0.4) is 0 Å². The van der Waals surface area contributed by atoms with Crippen molar-refractivity contribution >= 4 is 5.97 Å². The predicted molar refractivity (Wildman–Crippen MR) is 134 cm³/mol. The van der Waals surface area contributed by atoms with Gasteiger partial charge in [-0.2, -0.15) is 0 Å². The summed E-state index contributed by atoms with van der Waals surface area (Å²) in [6, 6.07) is 15.1. The Kier molecular flexibility index (Phi) is 9.35. The number of nitrogens with zero attached hydrogens (tertiary/aromatic N) is 1. The summed E-state index contributed by atoms with van der Waals surface area (Å²) in [6.07, 6.45) is 10.8. The molecule has 0 radical (unpaired) electrons.